The molecule has 1 aromatic rings. The van der Waals surface area contributed by atoms with Gasteiger partial charge in [0.25, 0.3) is 0 Å². The zero-order valence-corrected chi connectivity index (χ0v) is 21.9. The number of amides is 1. The molecular weight excluding hydrogens is 468 g/mol. The Labute approximate surface area is 209 Å². The first kappa shape index (κ1) is 27.5. The van der Waals surface area contributed by atoms with Gasteiger partial charge in [-0.1, -0.05) is 38.0 Å². The first-order chi connectivity index (χ1) is 16.5. The van der Waals surface area contributed by atoms with Gasteiger partial charge in [0.15, 0.2) is 0 Å². The van der Waals surface area contributed by atoms with Crippen LogP contribution >= 0.6 is 0 Å². The predicted molar refractivity (Wildman–Crippen MR) is 133 cm³/mol. The second-order valence-electron chi connectivity index (χ2n) is 9.90. The molecule has 1 fully saturated rings. The molecule has 9 heteroatoms. The van der Waals surface area contributed by atoms with Crippen LogP contribution in [0.3, 0.4) is 0 Å². The van der Waals surface area contributed by atoms with Crippen molar-refractivity contribution in [1.29, 1.82) is 0 Å². The largest absolute Gasteiger partial charge is 0.487 e. The molecule has 0 saturated heterocycles. The van der Waals surface area contributed by atoms with E-state index in [1.807, 2.05) is 6.92 Å². The molecule has 1 aromatic carbocycles. The predicted octanol–water partition coefficient (Wildman–Crippen LogP) is 2.23. The number of benzene rings is 1. The van der Waals surface area contributed by atoms with Gasteiger partial charge in [-0.05, 0) is 44.9 Å². The number of carbonyl (C=O) groups excluding carboxylic acids is 1. The molecule has 0 bridgehead atoms. The number of ether oxygens (including phenoxy) is 1. The number of carbonyl (C=O) groups is 1. The fourth-order valence-corrected chi connectivity index (χ4v) is 6.56. The van der Waals surface area contributed by atoms with Crippen LogP contribution in [0.5, 0.6) is 5.75 Å². The summed E-state index contributed by atoms with van der Waals surface area (Å²) >= 11 is 0. The van der Waals surface area contributed by atoms with Crippen LogP contribution in [0.4, 0.5) is 0 Å². The maximum atomic E-state index is 13.5. The number of hydrogen-bond donors (Lipinski definition) is 2. The lowest BCUT2D eigenvalue weighted by molar-refractivity contribution is -0.136. The molecule has 1 heterocycles. The zero-order chi connectivity index (χ0) is 25.8. The topological polar surface area (TPSA) is 107 Å². The summed E-state index contributed by atoms with van der Waals surface area (Å²) in [5.41, 5.74) is 0.514. The van der Waals surface area contributed by atoms with E-state index >= 15 is 0 Å². The van der Waals surface area contributed by atoms with Crippen LogP contribution in [-0.2, 0) is 14.8 Å². The van der Waals surface area contributed by atoms with Crippen LogP contribution in [-0.4, -0.2) is 78.7 Å². The van der Waals surface area contributed by atoms with E-state index in [2.05, 4.69) is 11.8 Å². The molecule has 0 unspecified atom stereocenters. The second-order valence-corrected chi connectivity index (χ2v) is 11.8. The molecule has 0 radical (unpaired) electrons. The maximum Gasteiger partial charge on any atom is 0.247 e. The summed E-state index contributed by atoms with van der Waals surface area (Å²) in [6.07, 6.45) is 3.81. The molecule has 2 aliphatic rings. The van der Waals surface area contributed by atoms with Crippen molar-refractivity contribution in [3.8, 4) is 17.6 Å². The summed E-state index contributed by atoms with van der Waals surface area (Å²) < 4.78 is 34.7. The first-order valence-corrected chi connectivity index (χ1v) is 13.9. The van der Waals surface area contributed by atoms with Gasteiger partial charge in [-0.3, -0.25) is 4.79 Å². The van der Waals surface area contributed by atoms with E-state index in [0.29, 0.717) is 12.1 Å². The molecule has 2 N–H and O–H groups in total. The van der Waals surface area contributed by atoms with Gasteiger partial charge in [-0.2, -0.15) is 4.31 Å². The Hall–Kier alpha value is -2.12. The van der Waals surface area contributed by atoms with Crippen molar-refractivity contribution in [2.24, 2.45) is 11.8 Å². The fourth-order valence-electron chi connectivity index (χ4n) is 4.73. The molecular formula is C26H38N2O6S. The van der Waals surface area contributed by atoms with Crippen LogP contribution in [0.1, 0.15) is 58.4 Å². The van der Waals surface area contributed by atoms with Gasteiger partial charge in [0.2, 0.25) is 15.9 Å². The number of aliphatic hydroxyl groups is 2. The highest BCUT2D eigenvalue weighted by molar-refractivity contribution is 7.89. The van der Waals surface area contributed by atoms with E-state index < -0.39 is 28.3 Å². The summed E-state index contributed by atoms with van der Waals surface area (Å²) in [4.78, 5) is 14.8. The molecule has 0 spiro atoms. The molecule has 194 valence electrons. The summed E-state index contributed by atoms with van der Waals surface area (Å²) in [6, 6.07) is 3.98. The molecule has 1 saturated carbocycles. The van der Waals surface area contributed by atoms with Gasteiger partial charge in [-0.15, -0.1) is 0 Å². The van der Waals surface area contributed by atoms with E-state index in [0.717, 1.165) is 25.7 Å². The number of rotatable bonds is 5. The number of hydrogen-bond acceptors (Lipinski definition) is 6. The molecule has 0 aromatic heterocycles. The van der Waals surface area contributed by atoms with Crippen molar-refractivity contribution in [1.82, 2.24) is 9.21 Å². The second kappa shape index (κ2) is 11.7. The highest BCUT2D eigenvalue weighted by Crippen LogP contribution is 2.34. The van der Waals surface area contributed by atoms with E-state index in [9.17, 15) is 23.4 Å². The van der Waals surface area contributed by atoms with E-state index in [1.54, 1.807) is 37.9 Å². The Kier molecular flexibility index (Phi) is 9.22. The number of likely N-dealkylation sites (N-methyl/N-ethyl adjacent to an activating group) is 1. The third-order valence-corrected chi connectivity index (χ3v) is 8.90. The van der Waals surface area contributed by atoms with Crippen molar-refractivity contribution in [3.63, 3.8) is 0 Å². The Morgan fingerprint density at radius 1 is 1.26 bits per heavy atom. The molecule has 3 rings (SSSR count). The molecule has 1 aliphatic carbocycles. The van der Waals surface area contributed by atoms with Crippen LogP contribution in [0.25, 0.3) is 0 Å². The van der Waals surface area contributed by atoms with Gasteiger partial charge in [0.1, 0.15) is 22.9 Å². The number of aliphatic hydroxyl groups excluding tert-OH is 2. The summed E-state index contributed by atoms with van der Waals surface area (Å²) in [5.74, 6) is 5.54. The van der Waals surface area contributed by atoms with Gasteiger partial charge in [-0.25, -0.2) is 8.42 Å². The lowest BCUT2D eigenvalue weighted by atomic mass is 9.88. The highest BCUT2D eigenvalue weighted by atomic mass is 32.2. The number of nitrogens with zero attached hydrogens (tertiary/aromatic N) is 2. The van der Waals surface area contributed by atoms with Gasteiger partial charge in [0, 0.05) is 37.0 Å². The minimum atomic E-state index is -3.95. The standard InChI is InChI=1S/C26H38N2O6S/c1-18-15-28(19(2)17-29)35(32,33)25-13-12-21(11-10-20(3)30)14-23(25)34-24(18)16-27(4)26(31)22-8-6-5-7-9-22/h12-14,18-20,22,24,29-30H,5-9,15-17H2,1-4H3/t18-,19+,20-,24+/m0/s1. The van der Waals surface area contributed by atoms with Crippen molar-refractivity contribution >= 4 is 15.9 Å². The van der Waals surface area contributed by atoms with Crippen molar-refractivity contribution in [2.45, 2.75) is 76.0 Å². The summed E-state index contributed by atoms with van der Waals surface area (Å²) in [5, 5.41) is 19.3. The molecule has 1 aliphatic heterocycles. The van der Waals surface area contributed by atoms with E-state index in [4.69, 9.17) is 4.74 Å². The Morgan fingerprint density at radius 3 is 2.57 bits per heavy atom. The third kappa shape index (κ3) is 6.56. The molecule has 35 heavy (non-hydrogen) atoms. The van der Waals surface area contributed by atoms with Gasteiger partial charge in [0.05, 0.1) is 13.2 Å². The van der Waals surface area contributed by atoms with Crippen LogP contribution in [0, 0.1) is 23.7 Å². The zero-order valence-electron chi connectivity index (χ0n) is 21.1. The average Bonchev–Trinajstić information content (AvgIpc) is 2.84. The number of fused-ring (bicyclic) bond motifs is 1. The lowest BCUT2D eigenvalue weighted by Crippen LogP contribution is -2.50. The summed E-state index contributed by atoms with van der Waals surface area (Å²) in [7, 11) is -2.17. The Balaban J connectivity index is 1.97. The average molecular weight is 507 g/mol. The minimum Gasteiger partial charge on any atom is -0.487 e. The van der Waals surface area contributed by atoms with Crippen LogP contribution in [0.15, 0.2) is 23.1 Å². The van der Waals surface area contributed by atoms with E-state index in [-0.39, 0.29) is 41.5 Å². The maximum absolute atomic E-state index is 13.5. The Bertz CT molecular complexity index is 1060. The molecule has 8 nitrogen and oxygen atoms in total. The number of sulfonamides is 1. The van der Waals surface area contributed by atoms with Crippen LogP contribution < -0.4 is 4.74 Å². The fraction of sp³-hybridized carbons (Fsp3) is 0.654. The minimum absolute atomic E-state index is 0.00134. The SMILES string of the molecule is C[C@H](O)C#Cc1ccc2c(c1)O[C@H](CN(C)C(=O)C1CCCCC1)[C@@H](C)CN([C@H](C)CO)S2(=O)=O. The monoisotopic (exact) mass is 506 g/mol. The summed E-state index contributed by atoms with van der Waals surface area (Å²) in [6.45, 7) is 5.28. The first-order valence-electron chi connectivity index (χ1n) is 12.4. The van der Waals surface area contributed by atoms with Crippen LogP contribution in [0.2, 0.25) is 0 Å². The lowest BCUT2D eigenvalue weighted by Gasteiger charge is -2.38. The Morgan fingerprint density at radius 2 is 1.94 bits per heavy atom. The third-order valence-electron chi connectivity index (χ3n) is 6.88. The van der Waals surface area contributed by atoms with Crippen molar-refractivity contribution in [2.75, 3.05) is 26.7 Å². The molecule has 4 atom stereocenters. The van der Waals surface area contributed by atoms with Gasteiger partial charge < -0.3 is 19.8 Å². The normalized spacial score (nSPS) is 24.5. The van der Waals surface area contributed by atoms with Crippen molar-refractivity contribution in [3.05, 3.63) is 23.8 Å². The van der Waals surface area contributed by atoms with E-state index in [1.165, 1.54) is 16.8 Å². The quantitative estimate of drug-likeness (QED) is 0.593. The van der Waals surface area contributed by atoms with Gasteiger partial charge >= 0.3 is 0 Å². The van der Waals surface area contributed by atoms with Crippen molar-refractivity contribution < 1.29 is 28.2 Å². The smallest absolute Gasteiger partial charge is 0.247 e. The molecule has 1 amide bonds. The highest BCUT2D eigenvalue weighted by Gasteiger charge is 2.38.